The summed E-state index contributed by atoms with van der Waals surface area (Å²) in [6.45, 7) is 1.86. The second-order valence-electron chi connectivity index (χ2n) is 3.54. The Morgan fingerprint density at radius 3 is 2.67 bits per heavy atom. The fraction of sp³-hybridized carbons (Fsp3) is 0.455. The minimum Gasteiger partial charge on any atom is -0.390 e. The van der Waals surface area contributed by atoms with Gasteiger partial charge in [-0.15, -0.1) is 0 Å². The zero-order valence-corrected chi connectivity index (χ0v) is 8.65. The SMILES string of the molecule is Cc1c(F)cccc1C(O)C(O)CCN. The van der Waals surface area contributed by atoms with Crippen molar-refractivity contribution in [2.24, 2.45) is 5.73 Å². The molecule has 15 heavy (non-hydrogen) atoms. The highest BCUT2D eigenvalue weighted by Crippen LogP contribution is 2.23. The molecule has 0 saturated carbocycles. The van der Waals surface area contributed by atoms with E-state index in [-0.39, 0.29) is 18.8 Å². The van der Waals surface area contributed by atoms with Crippen LogP contribution in [0.2, 0.25) is 0 Å². The van der Waals surface area contributed by atoms with Crippen LogP contribution < -0.4 is 5.73 Å². The van der Waals surface area contributed by atoms with Crippen LogP contribution in [-0.2, 0) is 0 Å². The Morgan fingerprint density at radius 2 is 2.07 bits per heavy atom. The first-order chi connectivity index (χ1) is 7.07. The predicted octanol–water partition coefficient (Wildman–Crippen LogP) is 0.877. The van der Waals surface area contributed by atoms with Crippen molar-refractivity contribution in [1.82, 2.24) is 0 Å². The van der Waals surface area contributed by atoms with Crippen molar-refractivity contribution in [3.63, 3.8) is 0 Å². The zero-order valence-electron chi connectivity index (χ0n) is 8.65. The molecule has 0 amide bonds. The second-order valence-corrected chi connectivity index (χ2v) is 3.54. The van der Waals surface area contributed by atoms with Gasteiger partial charge in [0.05, 0.1) is 6.10 Å². The molecule has 0 fully saturated rings. The average molecular weight is 213 g/mol. The fourth-order valence-electron chi connectivity index (χ4n) is 1.48. The minimum absolute atomic E-state index is 0.284. The van der Waals surface area contributed by atoms with Gasteiger partial charge in [0.25, 0.3) is 0 Å². The molecule has 0 aliphatic carbocycles. The first kappa shape index (κ1) is 12.1. The minimum atomic E-state index is -1.08. The summed E-state index contributed by atoms with van der Waals surface area (Å²) in [5.74, 6) is -0.383. The van der Waals surface area contributed by atoms with Gasteiger partial charge in [0.15, 0.2) is 0 Å². The number of nitrogens with two attached hydrogens (primary N) is 1. The van der Waals surface area contributed by atoms with Gasteiger partial charge in [-0.2, -0.15) is 0 Å². The summed E-state index contributed by atoms with van der Waals surface area (Å²) in [6.07, 6.45) is -1.74. The maximum absolute atomic E-state index is 13.2. The lowest BCUT2D eigenvalue weighted by Crippen LogP contribution is -2.22. The maximum atomic E-state index is 13.2. The lowest BCUT2D eigenvalue weighted by molar-refractivity contribution is 0.0145. The Bertz CT molecular complexity index is 330. The lowest BCUT2D eigenvalue weighted by Gasteiger charge is -2.19. The van der Waals surface area contributed by atoms with E-state index < -0.39 is 12.2 Å². The summed E-state index contributed by atoms with van der Waals surface area (Å²) < 4.78 is 13.2. The smallest absolute Gasteiger partial charge is 0.126 e. The molecule has 0 bridgehead atoms. The molecule has 0 aromatic heterocycles. The highest BCUT2D eigenvalue weighted by atomic mass is 19.1. The quantitative estimate of drug-likeness (QED) is 0.695. The molecule has 4 heteroatoms. The van der Waals surface area contributed by atoms with Crippen molar-refractivity contribution in [1.29, 1.82) is 0 Å². The summed E-state index contributed by atoms with van der Waals surface area (Å²) in [7, 11) is 0. The molecule has 3 nitrogen and oxygen atoms in total. The van der Waals surface area contributed by atoms with Crippen molar-refractivity contribution in [3.05, 3.63) is 35.1 Å². The van der Waals surface area contributed by atoms with Gasteiger partial charge in [0.1, 0.15) is 11.9 Å². The molecule has 0 radical (unpaired) electrons. The number of hydrogen-bond donors (Lipinski definition) is 3. The van der Waals surface area contributed by atoms with Gasteiger partial charge in [0, 0.05) is 0 Å². The second kappa shape index (κ2) is 5.21. The van der Waals surface area contributed by atoms with Crippen LogP contribution in [0.3, 0.4) is 0 Å². The number of hydrogen-bond acceptors (Lipinski definition) is 3. The number of benzene rings is 1. The van der Waals surface area contributed by atoms with Gasteiger partial charge in [-0.1, -0.05) is 12.1 Å². The normalized spacial score (nSPS) is 15.0. The monoisotopic (exact) mass is 213 g/mol. The molecule has 1 rings (SSSR count). The standard InChI is InChI=1S/C11H16FNO2/c1-7-8(3-2-4-9(7)12)11(15)10(14)5-6-13/h2-4,10-11,14-15H,5-6,13H2,1H3. The summed E-state index contributed by atoms with van der Waals surface area (Å²) in [6, 6.07) is 4.43. The van der Waals surface area contributed by atoms with Crippen molar-refractivity contribution in [3.8, 4) is 0 Å². The fourth-order valence-corrected chi connectivity index (χ4v) is 1.48. The summed E-state index contributed by atoms with van der Waals surface area (Å²) in [5, 5.41) is 19.3. The summed E-state index contributed by atoms with van der Waals surface area (Å²) in [4.78, 5) is 0. The molecule has 84 valence electrons. The molecule has 4 N–H and O–H groups in total. The molecular formula is C11H16FNO2. The van der Waals surface area contributed by atoms with Crippen LogP contribution in [0.25, 0.3) is 0 Å². The van der Waals surface area contributed by atoms with E-state index in [1.807, 2.05) is 0 Å². The van der Waals surface area contributed by atoms with Crippen LogP contribution in [0.4, 0.5) is 4.39 Å². The van der Waals surface area contributed by atoms with Crippen LogP contribution in [0.15, 0.2) is 18.2 Å². The number of rotatable bonds is 4. The Morgan fingerprint density at radius 1 is 1.40 bits per heavy atom. The highest BCUT2D eigenvalue weighted by molar-refractivity contribution is 5.29. The Kier molecular flexibility index (Phi) is 4.20. The molecule has 0 saturated heterocycles. The van der Waals surface area contributed by atoms with Gasteiger partial charge in [0.2, 0.25) is 0 Å². The number of halogens is 1. The van der Waals surface area contributed by atoms with E-state index in [1.165, 1.54) is 12.1 Å². The Hall–Kier alpha value is -0.970. The lowest BCUT2D eigenvalue weighted by atomic mass is 9.97. The van der Waals surface area contributed by atoms with E-state index in [4.69, 9.17) is 5.73 Å². The summed E-state index contributed by atoms with van der Waals surface area (Å²) in [5.41, 5.74) is 6.04. The number of aliphatic hydroxyl groups excluding tert-OH is 2. The van der Waals surface area contributed by atoms with Gasteiger partial charge in [-0.3, -0.25) is 0 Å². The van der Waals surface area contributed by atoms with Crippen LogP contribution in [-0.4, -0.2) is 22.9 Å². The first-order valence-electron chi connectivity index (χ1n) is 4.89. The van der Waals surface area contributed by atoms with E-state index in [0.717, 1.165) is 0 Å². The molecule has 0 spiro atoms. The molecule has 1 aromatic rings. The van der Waals surface area contributed by atoms with Crippen LogP contribution in [0, 0.1) is 12.7 Å². The first-order valence-corrected chi connectivity index (χ1v) is 4.89. The van der Waals surface area contributed by atoms with Crippen molar-refractivity contribution in [2.75, 3.05) is 6.54 Å². The predicted molar refractivity (Wildman–Crippen MR) is 55.8 cm³/mol. The largest absolute Gasteiger partial charge is 0.390 e. The Labute approximate surface area is 88.4 Å². The van der Waals surface area contributed by atoms with E-state index in [9.17, 15) is 14.6 Å². The van der Waals surface area contributed by atoms with E-state index >= 15 is 0 Å². The molecule has 2 atom stereocenters. The van der Waals surface area contributed by atoms with Gasteiger partial charge in [-0.05, 0) is 37.1 Å². The van der Waals surface area contributed by atoms with E-state index in [1.54, 1.807) is 13.0 Å². The van der Waals surface area contributed by atoms with Gasteiger partial charge < -0.3 is 15.9 Å². The molecule has 1 aromatic carbocycles. The zero-order chi connectivity index (χ0) is 11.4. The van der Waals surface area contributed by atoms with Crippen molar-refractivity contribution in [2.45, 2.75) is 25.6 Å². The molecular weight excluding hydrogens is 197 g/mol. The molecule has 0 aliphatic rings. The third kappa shape index (κ3) is 2.75. The van der Waals surface area contributed by atoms with Crippen LogP contribution >= 0.6 is 0 Å². The Balaban J connectivity index is 2.90. The van der Waals surface area contributed by atoms with Crippen molar-refractivity contribution < 1.29 is 14.6 Å². The van der Waals surface area contributed by atoms with Crippen LogP contribution in [0.5, 0.6) is 0 Å². The van der Waals surface area contributed by atoms with E-state index in [2.05, 4.69) is 0 Å². The third-order valence-corrected chi connectivity index (χ3v) is 2.46. The molecule has 0 aliphatic heterocycles. The van der Waals surface area contributed by atoms with Crippen LogP contribution in [0.1, 0.15) is 23.7 Å². The van der Waals surface area contributed by atoms with E-state index in [0.29, 0.717) is 11.1 Å². The van der Waals surface area contributed by atoms with Gasteiger partial charge in [-0.25, -0.2) is 4.39 Å². The maximum Gasteiger partial charge on any atom is 0.126 e. The molecule has 0 heterocycles. The average Bonchev–Trinajstić information content (AvgIpc) is 2.21. The van der Waals surface area contributed by atoms with Gasteiger partial charge >= 0.3 is 0 Å². The van der Waals surface area contributed by atoms with Crippen molar-refractivity contribution >= 4 is 0 Å². The molecule has 2 unspecified atom stereocenters. The summed E-state index contributed by atoms with van der Waals surface area (Å²) >= 11 is 0. The third-order valence-electron chi connectivity index (χ3n) is 2.46. The topological polar surface area (TPSA) is 66.5 Å². The number of aliphatic hydroxyl groups is 2. The highest BCUT2D eigenvalue weighted by Gasteiger charge is 2.20.